The highest BCUT2D eigenvalue weighted by molar-refractivity contribution is 8.26. The van der Waals surface area contributed by atoms with Gasteiger partial charge in [-0.05, 0) is 18.1 Å². The van der Waals surface area contributed by atoms with E-state index in [1.807, 2.05) is 6.92 Å². The molecule has 1 heterocycles. The summed E-state index contributed by atoms with van der Waals surface area (Å²) in [5.74, 6) is -2.28. The number of thioether (sulfide) groups is 1. The van der Waals surface area contributed by atoms with E-state index in [0.717, 1.165) is 16.7 Å². The number of aliphatic carboxylic acids is 1. The Morgan fingerprint density at radius 3 is 2.70 bits per heavy atom. The molecule has 7 heteroatoms. The maximum atomic E-state index is 13.7. The summed E-state index contributed by atoms with van der Waals surface area (Å²) in [4.78, 5) is 25.5. The number of halogens is 1. The van der Waals surface area contributed by atoms with Crippen molar-refractivity contribution in [3.63, 3.8) is 0 Å². The van der Waals surface area contributed by atoms with E-state index in [1.54, 1.807) is 25.1 Å². The van der Waals surface area contributed by atoms with Crippen LogP contribution < -0.4 is 0 Å². The standard InChI is InChI=1S/C16H16FNO3S2/c1-3-9(2)13(15(20)21)18-14(19)12(23-16(18)22)8-10-6-4-5-7-11(10)17/h4-9,13H,3H2,1-2H3,(H,20,21)/b12-8-/t9-,13+/m1/s1. The predicted molar refractivity (Wildman–Crippen MR) is 92.3 cm³/mol. The molecule has 122 valence electrons. The number of carbonyl (C=O) groups excluding carboxylic acids is 1. The van der Waals surface area contributed by atoms with E-state index in [9.17, 15) is 19.1 Å². The summed E-state index contributed by atoms with van der Waals surface area (Å²) in [7, 11) is 0. The van der Waals surface area contributed by atoms with Gasteiger partial charge in [0.2, 0.25) is 0 Å². The van der Waals surface area contributed by atoms with Crippen LogP contribution in [0.25, 0.3) is 6.08 Å². The van der Waals surface area contributed by atoms with Crippen molar-refractivity contribution in [3.8, 4) is 0 Å². The van der Waals surface area contributed by atoms with Gasteiger partial charge < -0.3 is 5.11 Å². The van der Waals surface area contributed by atoms with Crippen molar-refractivity contribution in [2.24, 2.45) is 5.92 Å². The Morgan fingerprint density at radius 2 is 2.13 bits per heavy atom. The van der Waals surface area contributed by atoms with Gasteiger partial charge in [-0.3, -0.25) is 9.69 Å². The number of hydrogen-bond acceptors (Lipinski definition) is 4. The van der Waals surface area contributed by atoms with Crippen LogP contribution in [-0.2, 0) is 9.59 Å². The number of rotatable bonds is 5. The average Bonchev–Trinajstić information content (AvgIpc) is 2.77. The molecular formula is C16H16FNO3S2. The van der Waals surface area contributed by atoms with E-state index in [2.05, 4.69) is 0 Å². The number of hydrogen-bond donors (Lipinski definition) is 1. The fourth-order valence-electron chi connectivity index (χ4n) is 2.28. The van der Waals surface area contributed by atoms with Crippen LogP contribution in [0.5, 0.6) is 0 Å². The molecule has 0 spiro atoms. The van der Waals surface area contributed by atoms with Gasteiger partial charge >= 0.3 is 5.97 Å². The molecule has 1 amide bonds. The number of benzene rings is 1. The number of nitrogens with zero attached hydrogens (tertiary/aromatic N) is 1. The topological polar surface area (TPSA) is 57.6 Å². The van der Waals surface area contributed by atoms with Crippen molar-refractivity contribution in [3.05, 3.63) is 40.6 Å². The second-order valence-electron chi connectivity index (χ2n) is 5.24. The minimum atomic E-state index is -1.09. The third kappa shape index (κ3) is 3.61. The van der Waals surface area contributed by atoms with Gasteiger partial charge in [-0.15, -0.1) is 0 Å². The van der Waals surface area contributed by atoms with Crippen LogP contribution in [0.4, 0.5) is 4.39 Å². The Labute approximate surface area is 143 Å². The number of amides is 1. The third-order valence-corrected chi connectivity index (χ3v) is 5.06. The van der Waals surface area contributed by atoms with E-state index in [-0.39, 0.29) is 20.7 Å². The largest absolute Gasteiger partial charge is 0.480 e. The molecule has 1 aliphatic heterocycles. The number of carboxylic acids is 1. The summed E-state index contributed by atoms with van der Waals surface area (Å²) in [6.07, 6.45) is 2.00. The van der Waals surface area contributed by atoms with Gasteiger partial charge in [0, 0.05) is 5.56 Å². The molecule has 2 rings (SSSR count). The maximum Gasteiger partial charge on any atom is 0.327 e. The van der Waals surface area contributed by atoms with Crippen molar-refractivity contribution < 1.29 is 19.1 Å². The summed E-state index contributed by atoms with van der Waals surface area (Å²) in [5, 5.41) is 9.45. The Balaban J connectivity index is 2.36. The predicted octanol–water partition coefficient (Wildman–Crippen LogP) is 3.53. The molecule has 23 heavy (non-hydrogen) atoms. The SMILES string of the molecule is CC[C@@H](C)[C@@H](C(=O)O)N1C(=O)/C(=C/c2ccccc2F)SC1=S. The fraction of sp³-hybridized carbons (Fsp3) is 0.312. The Hall–Kier alpha value is -1.73. The molecule has 1 saturated heterocycles. The van der Waals surface area contributed by atoms with Crippen LogP contribution >= 0.6 is 24.0 Å². The van der Waals surface area contributed by atoms with Crippen molar-refractivity contribution in [2.75, 3.05) is 0 Å². The maximum absolute atomic E-state index is 13.7. The quantitative estimate of drug-likeness (QED) is 0.648. The van der Waals surface area contributed by atoms with Crippen LogP contribution in [0.1, 0.15) is 25.8 Å². The molecule has 4 nitrogen and oxygen atoms in total. The first-order chi connectivity index (χ1) is 10.9. The van der Waals surface area contributed by atoms with Crippen molar-refractivity contribution in [2.45, 2.75) is 26.3 Å². The molecule has 0 aromatic heterocycles. The zero-order valence-corrected chi connectivity index (χ0v) is 14.3. The van der Waals surface area contributed by atoms with E-state index >= 15 is 0 Å². The lowest BCUT2D eigenvalue weighted by Crippen LogP contribution is -2.47. The molecule has 0 bridgehead atoms. The van der Waals surface area contributed by atoms with Crippen molar-refractivity contribution in [1.82, 2.24) is 4.90 Å². The molecular weight excluding hydrogens is 337 g/mol. The van der Waals surface area contributed by atoms with Gasteiger partial charge in [-0.1, -0.05) is 62.4 Å². The van der Waals surface area contributed by atoms with Gasteiger partial charge in [0.15, 0.2) is 0 Å². The van der Waals surface area contributed by atoms with Crippen LogP contribution in [0.3, 0.4) is 0 Å². The number of carboxylic acid groups (broad SMARTS) is 1. The van der Waals surface area contributed by atoms with Gasteiger partial charge in [0.25, 0.3) is 5.91 Å². The molecule has 1 aliphatic rings. The Kier molecular flexibility index (Phi) is 5.54. The summed E-state index contributed by atoms with van der Waals surface area (Å²) in [5.41, 5.74) is 0.267. The zero-order valence-electron chi connectivity index (χ0n) is 12.7. The second kappa shape index (κ2) is 7.23. The van der Waals surface area contributed by atoms with Crippen molar-refractivity contribution >= 4 is 46.3 Å². The average molecular weight is 353 g/mol. The highest BCUT2D eigenvalue weighted by atomic mass is 32.2. The Bertz CT molecular complexity index is 690. The zero-order chi connectivity index (χ0) is 17.1. The highest BCUT2D eigenvalue weighted by Gasteiger charge is 2.42. The third-order valence-electron chi connectivity index (χ3n) is 3.73. The summed E-state index contributed by atoms with van der Waals surface area (Å²) < 4.78 is 13.9. The van der Waals surface area contributed by atoms with E-state index < -0.39 is 23.7 Å². The van der Waals surface area contributed by atoms with E-state index in [0.29, 0.717) is 6.42 Å². The molecule has 1 aromatic rings. The normalized spacial score (nSPS) is 19.3. The lowest BCUT2D eigenvalue weighted by molar-refractivity contribution is -0.147. The molecule has 2 atom stereocenters. The van der Waals surface area contributed by atoms with Crippen LogP contribution in [0.15, 0.2) is 29.2 Å². The summed E-state index contributed by atoms with van der Waals surface area (Å²) in [6, 6.07) is 5.05. The molecule has 1 aromatic carbocycles. The van der Waals surface area contributed by atoms with E-state index in [1.165, 1.54) is 12.1 Å². The van der Waals surface area contributed by atoms with Crippen molar-refractivity contribution in [1.29, 1.82) is 0 Å². The summed E-state index contributed by atoms with van der Waals surface area (Å²) in [6.45, 7) is 3.62. The van der Waals surface area contributed by atoms with Gasteiger partial charge in [0.05, 0.1) is 4.91 Å². The smallest absolute Gasteiger partial charge is 0.327 e. The van der Waals surface area contributed by atoms with Crippen LogP contribution in [-0.4, -0.2) is 32.2 Å². The van der Waals surface area contributed by atoms with Crippen LogP contribution in [0, 0.1) is 11.7 Å². The highest BCUT2D eigenvalue weighted by Crippen LogP contribution is 2.36. The lowest BCUT2D eigenvalue weighted by Gasteiger charge is -2.27. The first-order valence-electron chi connectivity index (χ1n) is 7.11. The Morgan fingerprint density at radius 1 is 1.48 bits per heavy atom. The lowest BCUT2D eigenvalue weighted by atomic mass is 9.98. The molecule has 1 fully saturated rings. The summed E-state index contributed by atoms with van der Waals surface area (Å²) >= 11 is 6.17. The second-order valence-corrected chi connectivity index (χ2v) is 6.92. The van der Waals surface area contributed by atoms with Gasteiger partial charge in [-0.2, -0.15) is 0 Å². The van der Waals surface area contributed by atoms with Gasteiger partial charge in [0.1, 0.15) is 16.2 Å². The van der Waals surface area contributed by atoms with Crippen LogP contribution in [0.2, 0.25) is 0 Å². The number of carbonyl (C=O) groups is 2. The molecule has 0 aliphatic carbocycles. The molecule has 0 unspecified atom stereocenters. The minimum absolute atomic E-state index is 0.185. The number of thiocarbonyl (C=S) groups is 1. The monoisotopic (exact) mass is 353 g/mol. The first-order valence-corrected chi connectivity index (χ1v) is 8.33. The molecule has 1 N–H and O–H groups in total. The van der Waals surface area contributed by atoms with E-state index in [4.69, 9.17) is 12.2 Å². The first kappa shape index (κ1) is 17.6. The van der Waals surface area contributed by atoms with Gasteiger partial charge in [-0.25, -0.2) is 9.18 Å². The fourth-order valence-corrected chi connectivity index (χ4v) is 3.60. The minimum Gasteiger partial charge on any atom is -0.480 e. The molecule has 0 saturated carbocycles. The molecule has 0 radical (unpaired) electrons.